The maximum atomic E-state index is 5.66. The second kappa shape index (κ2) is 2.46. The zero-order valence-electron chi connectivity index (χ0n) is 6.06. The van der Waals surface area contributed by atoms with Crippen LogP contribution in [-0.2, 0) is 4.74 Å². The molecule has 0 spiro atoms. The molecule has 1 atom stereocenters. The highest BCUT2D eigenvalue weighted by Crippen LogP contribution is 2.05. The van der Waals surface area contributed by atoms with Gasteiger partial charge in [0.15, 0.2) is 0 Å². The van der Waals surface area contributed by atoms with Crippen LogP contribution in [0.4, 0.5) is 0 Å². The van der Waals surface area contributed by atoms with Crippen molar-refractivity contribution in [2.45, 2.75) is 32.4 Å². The van der Waals surface area contributed by atoms with Gasteiger partial charge in [0, 0.05) is 12.6 Å². The van der Waals surface area contributed by atoms with Crippen molar-refractivity contribution in [3.05, 3.63) is 0 Å². The van der Waals surface area contributed by atoms with Crippen molar-refractivity contribution in [1.29, 1.82) is 0 Å². The lowest BCUT2D eigenvalue weighted by Gasteiger charge is -2.25. The highest BCUT2D eigenvalue weighted by molar-refractivity contribution is 4.78. The zero-order chi connectivity index (χ0) is 6.78. The Kier molecular flexibility index (Phi) is 2.44. The third-order valence-electron chi connectivity index (χ3n) is 1.40. The summed E-state index contributed by atoms with van der Waals surface area (Å²) in [5, 5.41) is 0. The van der Waals surface area contributed by atoms with Gasteiger partial charge in [-0.2, -0.15) is 0 Å². The molecule has 0 amide bonds. The topological polar surface area (TPSA) is 35.2 Å². The first-order chi connectivity index (χ1) is 3.48. The van der Waals surface area contributed by atoms with E-state index in [1.54, 1.807) is 7.11 Å². The van der Waals surface area contributed by atoms with Crippen LogP contribution in [0.3, 0.4) is 0 Å². The second-order valence-electron chi connectivity index (χ2n) is 2.70. The van der Waals surface area contributed by atoms with Gasteiger partial charge >= 0.3 is 0 Å². The summed E-state index contributed by atoms with van der Waals surface area (Å²) in [6, 6.07) is 0. The third kappa shape index (κ3) is 2.28. The predicted octanol–water partition coefficient (Wildman–Crippen LogP) is 0.759. The van der Waals surface area contributed by atoms with Crippen molar-refractivity contribution < 1.29 is 4.74 Å². The summed E-state index contributed by atoms with van der Waals surface area (Å²) in [5.74, 6) is 0. The first-order valence-corrected chi connectivity index (χ1v) is 2.80. The Morgan fingerprint density at radius 3 is 1.88 bits per heavy atom. The van der Waals surface area contributed by atoms with Gasteiger partial charge in [-0.1, -0.05) is 0 Å². The molecule has 0 aromatic rings. The zero-order valence-corrected chi connectivity index (χ0v) is 6.06. The molecule has 50 valence electrons. The molecule has 1 unspecified atom stereocenters. The van der Waals surface area contributed by atoms with Crippen molar-refractivity contribution in [2.24, 2.45) is 5.73 Å². The van der Waals surface area contributed by atoms with Gasteiger partial charge in [0.1, 0.15) is 0 Å². The minimum atomic E-state index is -0.214. The number of nitrogens with two attached hydrogens (primary N) is 1. The van der Waals surface area contributed by atoms with Crippen LogP contribution in [0.1, 0.15) is 20.8 Å². The van der Waals surface area contributed by atoms with Gasteiger partial charge in [0.2, 0.25) is 0 Å². The van der Waals surface area contributed by atoms with Gasteiger partial charge in [-0.15, -0.1) is 0 Å². The standard InChI is InChI=1S/C6H15NO/c1-5(8-4)6(2,3)7/h5H,7H2,1-4H3. The number of ether oxygens (including phenoxy) is 1. The molecular weight excluding hydrogens is 102 g/mol. The molecule has 2 nitrogen and oxygen atoms in total. The van der Waals surface area contributed by atoms with Crippen molar-refractivity contribution >= 4 is 0 Å². The van der Waals surface area contributed by atoms with E-state index >= 15 is 0 Å². The lowest BCUT2D eigenvalue weighted by atomic mass is 10.0. The Hall–Kier alpha value is -0.0800. The Balaban J connectivity index is 3.62. The first kappa shape index (κ1) is 7.92. The monoisotopic (exact) mass is 117 g/mol. The van der Waals surface area contributed by atoms with Gasteiger partial charge in [-0.25, -0.2) is 0 Å². The predicted molar refractivity (Wildman–Crippen MR) is 34.7 cm³/mol. The van der Waals surface area contributed by atoms with E-state index in [1.165, 1.54) is 0 Å². The Morgan fingerprint density at radius 2 is 1.88 bits per heavy atom. The molecule has 8 heavy (non-hydrogen) atoms. The summed E-state index contributed by atoms with van der Waals surface area (Å²) in [6.45, 7) is 5.85. The lowest BCUT2D eigenvalue weighted by Crippen LogP contribution is -2.44. The van der Waals surface area contributed by atoms with Crippen LogP contribution in [-0.4, -0.2) is 18.8 Å². The van der Waals surface area contributed by atoms with E-state index in [0.717, 1.165) is 0 Å². The summed E-state index contributed by atoms with van der Waals surface area (Å²) >= 11 is 0. The molecule has 0 aromatic carbocycles. The van der Waals surface area contributed by atoms with Crippen molar-refractivity contribution in [3.8, 4) is 0 Å². The van der Waals surface area contributed by atoms with Gasteiger partial charge in [0.05, 0.1) is 6.10 Å². The van der Waals surface area contributed by atoms with Crippen LogP contribution >= 0.6 is 0 Å². The fourth-order valence-corrected chi connectivity index (χ4v) is 0.304. The molecule has 0 aromatic heterocycles. The van der Waals surface area contributed by atoms with Crippen LogP contribution in [0.15, 0.2) is 0 Å². The smallest absolute Gasteiger partial charge is 0.0717 e. The minimum Gasteiger partial charge on any atom is -0.380 e. The Labute approximate surface area is 51.0 Å². The molecule has 0 aliphatic carbocycles. The summed E-state index contributed by atoms with van der Waals surface area (Å²) in [7, 11) is 1.67. The fourth-order valence-electron chi connectivity index (χ4n) is 0.304. The van der Waals surface area contributed by atoms with Gasteiger partial charge in [-0.3, -0.25) is 0 Å². The van der Waals surface area contributed by atoms with E-state index in [4.69, 9.17) is 10.5 Å². The van der Waals surface area contributed by atoms with E-state index in [9.17, 15) is 0 Å². The van der Waals surface area contributed by atoms with Gasteiger partial charge in [-0.05, 0) is 20.8 Å². The van der Waals surface area contributed by atoms with E-state index in [2.05, 4.69) is 0 Å². The van der Waals surface area contributed by atoms with Crippen LogP contribution in [0, 0.1) is 0 Å². The SMILES string of the molecule is COC(C)C(C)(C)N. The molecule has 0 radical (unpaired) electrons. The first-order valence-electron chi connectivity index (χ1n) is 2.80. The molecule has 2 heteroatoms. The van der Waals surface area contributed by atoms with E-state index in [-0.39, 0.29) is 11.6 Å². The molecular formula is C6H15NO. The molecule has 0 aliphatic rings. The fraction of sp³-hybridized carbons (Fsp3) is 1.00. The molecule has 2 N–H and O–H groups in total. The van der Waals surface area contributed by atoms with E-state index in [0.29, 0.717) is 0 Å². The lowest BCUT2D eigenvalue weighted by molar-refractivity contribution is 0.0644. The van der Waals surface area contributed by atoms with E-state index < -0.39 is 0 Å². The Bertz CT molecular complexity index is 65.4. The minimum absolute atomic E-state index is 0.127. The average molecular weight is 117 g/mol. The van der Waals surface area contributed by atoms with Crippen LogP contribution in [0.2, 0.25) is 0 Å². The maximum absolute atomic E-state index is 5.66. The normalized spacial score (nSPS) is 16.1. The largest absolute Gasteiger partial charge is 0.380 e. The molecule has 0 saturated carbocycles. The van der Waals surface area contributed by atoms with Crippen LogP contribution in [0.5, 0.6) is 0 Å². The summed E-state index contributed by atoms with van der Waals surface area (Å²) in [6.07, 6.45) is 0.127. The van der Waals surface area contributed by atoms with Crippen molar-refractivity contribution in [2.75, 3.05) is 7.11 Å². The number of methoxy groups -OCH3 is 1. The summed E-state index contributed by atoms with van der Waals surface area (Å²) < 4.78 is 4.99. The molecule has 0 heterocycles. The van der Waals surface area contributed by atoms with E-state index in [1.807, 2.05) is 20.8 Å². The molecule has 0 bridgehead atoms. The van der Waals surface area contributed by atoms with Crippen molar-refractivity contribution in [3.63, 3.8) is 0 Å². The van der Waals surface area contributed by atoms with Gasteiger partial charge in [0.25, 0.3) is 0 Å². The highest BCUT2D eigenvalue weighted by atomic mass is 16.5. The maximum Gasteiger partial charge on any atom is 0.0717 e. The summed E-state index contributed by atoms with van der Waals surface area (Å²) in [4.78, 5) is 0. The summed E-state index contributed by atoms with van der Waals surface area (Å²) in [5.41, 5.74) is 5.45. The van der Waals surface area contributed by atoms with Gasteiger partial charge < -0.3 is 10.5 Å². The van der Waals surface area contributed by atoms with Crippen LogP contribution < -0.4 is 5.73 Å². The molecule has 0 aliphatic heterocycles. The molecule has 0 fully saturated rings. The second-order valence-corrected chi connectivity index (χ2v) is 2.70. The quantitative estimate of drug-likeness (QED) is 0.579. The number of hydrogen-bond acceptors (Lipinski definition) is 2. The number of rotatable bonds is 2. The Morgan fingerprint density at radius 1 is 1.50 bits per heavy atom. The van der Waals surface area contributed by atoms with Crippen molar-refractivity contribution in [1.82, 2.24) is 0 Å². The third-order valence-corrected chi connectivity index (χ3v) is 1.40. The molecule has 0 saturated heterocycles. The molecule has 0 rings (SSSR count). The van der Waals surface area contributed by atoms with Crippen LogP contribution in [0.25, 0.3) is 0 Å². The average Bonchev–Trinajstić information content (AvgIpc) is 1.62. The highest BCUT2D eigenvalue weighted by Gasteiger charge is 2.18. The number of hydrogen-bond donors (Lipinski definition) is 1.